The molecule has 144 valence electrons. The number of ether oxygens (including phenoxy) is 2. The first-order valence-corrected chi connectivity index (χ1v) is 9.75. The Morgan fingerprint density at radius 2 is 1.89 bits per heavy atom. The molecule has 0 unspecified atom stereocenters. The average Bonchev–Trinajstić information content (AvgIpc) is 3.13. The van der Waals surface area contributed by atoms with E-state index in [0.717, 1.165) is 11.3 Å². The lowest BCUT2D eigenvalue weighted by Gasteiger charge is -2.09. The van der Waals surface area contributed by atoms with Crippen molar-refractivity contribution in [2.75, 3.05) is 18.5 Å². The molecule has 0 aliphatic rings. The Bertz CT molecular complexity index is 952. The number of anilines is 1. The number of hydrogen-bond donors (Lipinski definition) is 1. The number of pyridine rings is 1. The Labute approximate surface area is 167 Å². The standard InChI is InChI=1S/C21H20N2O4S/c1-3-26-16-9-7-14(8-10-16)17-13-28-20(18(17)21(25)27-4-2)23-19(24)15-6-5-11-22-12-15/h5-13H,3-4H2,1-2H3,(H,23,24). The molecule has 0 atom stereocenters. The van der Waals surface area contributed by atoms with Crippen LogP contribution in [-0.4, -0.2) is 30.1 Å². The van der Waals surface area contributed by atoms with Gasteiger partial charge in [0, 0.05) is 23.3 Å². The van der Waals surface area contributed by atoms with Crippen LogP contribution >= 0.6 is 11.3 Å². The second-order valence-corrected chi connectivity index (χ2v) is 6.61. The first kappa shape index (κ1) is 19.6. The molecule has 0 aliphatic carbocycles. The van der Waals surface area contributed by atoms with Crippen molar-refractivity contribution in [1.29, 1.82) is 0 Å². The molecule has 6 nitrogen and oxygen atoms in total. The summed E-state index contributed by atoms with van der Waals surface area (Å²) in [5.41, 5.74) is 2.29. The number of esters is 1. The van der Waals surface area contributed by atoms with Crippen molar-refractivity contribution < 1.29 is 19.1 Å². The van der Waals surface area contributed by atoms with E-state index in [1.165, 1.54) is 17.5 Å². The van der Waals surface area contributed by atoms with Crippen LogP contribution in [0.3, 0.4) is 0 Å². The first-order chi connectivity index (χ1) is 13.6. The molecule has 2 heterocycles. The number of nitrogens with one attached hydrogen (secondary N) is 1. The van der Waals surface area contributed by atoms with Gasteiger partial charge in [0.05, 0.1) is 18.8 Å². The summed E-state index contributed by atoms with van der Waals surface area (Å²) in [5, 5.41) is 5.08. The third-order valence-corrected chi connectivity index (χ3v) is 4.79. The van der Waals surface area contributed by atoms with Crippen LogP contribution in [0.1, 0.15) is 34.6 Å². The fourth-order valence-corrected chi connectivity index (χ4v) is 3.59. The molecule has 0 spiro atoms. The zero-order chi connectivity index (χ0) is 19.9. The molecule has 2 aromatic heterocycles. The van der Waals surface area contributed by atoms with Gasteiger partial charge in [0.15, 0.2) is 0 Å². The van der Waals surface area contributed by atoms with Crippen LogP contribution in [0.2, 0.25) is 0 Å². The van der Waals surface area contributed by atoms with Crippen molar-refractivity contribution in [2.24, 2.45) is 0 Å². The van der Waals surface area contributed by atoms with Crippen molar-refractivity contribution in [3.8, 4) is 16.9 Å². The molecule has 28 heavy (non-hydrogen) atoms. The Hall–Kier alpha value is -3.19. The van der Waals surface area contributed by atoms with Crippen LogP contribution in [0.25, 0.3) is 11.1 Å². The smallest absolute Gasteiger partial charge is 0.341 e. The van der Waals surface area contributed by atoms with E-state index in [1.807, 2.05) is 36.6 Å². The number of rotatable bonds is 7. The summed E-state index contributed by atoms with van der Waals surface area (Å²) < 4.78 is 10.7. The van der Waals surface area contributed by atoms with Crippen LogP contribution < -0.4 is 10.1 Å². The summed E-state index contributed by atoms with van der Waals surface area (Å²) in [4.78, 5) is 29.0. The highest BCUT2D eigenvalue weighted by Crippen LogP contribution is 2.37. The minimum atomic E-state index is -0.478. The van der Waals surface area contributed by atoms with Crippen LogP contribution in [-0.2, 0) is 4.74 Å². The number of amides is 1. The minimum absolute atomic E-state index is 0.243. The lowest BCUT2D eigenvalue weighted by Crippen LogP contribution is -2.15. The maximum atomic E-state index is 12.6. The quantitative estimate of drug-likeness (QED) is 0.589. The van der Waals surface area contributed by atoms with Gasteiger partial charge in [0.2, 0.25) is 0 Å². The monoisotopic (exact) mass is 396 g/mol. The molecule has 0 saturated carbocycles. The molecule has 0 aliphatic heterocycles. The molecule has 0 saturated heterocycles. The Morgan fingerprint density at radius 3 is 2.54 bits per heavy atom. The van der Waals surface area contributed by atoms with Crippen molar-refractivity contribution >= 4 is 28.2 Å². The number of benzene rings is 1. The summed E-state index contributed by atoms with van der Waals surface area (Å²) in [5.74, 6) is -0.0582. The Kier molecular flexibility index (Phi) is 6.39. The number of aromatic nitrogens is 1. The van der Waals surface area contributed by atoms with Gasteiger partial charge in [-0.05, 0) is 43.7 Å². The molecule has 3 aromatic rings. The molecule has 1 aromatic carbocycles. The zero-order valence-corrected chi connectivity index (χ0v) is 16.4. The fourth-order valence-electron chi connectivity index (χ4n) is 2.64. The predicted molar refractivity (Wildman–Crippen MR) is 109 cm³/mol. The van der Waals surface area contributed by atoms with Gasteiger partial charge in [-0.25, -0.2) is 4.79 Å². The first-order valence-electron chi connectivity index (χ1n) is 8.87. The number of hydrogen-bond acceptors (Lipinski definition) is 6. The van der Waals surface area contributed by atoms with Crippen LogP contribution in [0.5, 0.6) is 5.75 Å². The summed E-state index contributed by atoms with van der Waals surface area (Å²) in [6.45, 7) is 4.49. The summed E-state index contributed by atoms with van der Waals surface area (Å²) in [6.07, 6.45) is 3.07. The van der Waals surface area contributed by atoms with E-state index in [1.54, 1.807) is 25.3 Å². The summed E-state index contributed by atoms with van der Waals surface area (Å²) in [6, 6.07) is 10.8. The van der Waals surface area contributed by atoms with Crippen molar-refractivity contribution in [2.45, 2.75) is 13.8 Å². The maximum Gasteiger partial charge on any atom is 0.341 e. The lowest BCUT2D eigenvalue weighted by atomic mass is 10.0. The van der Waals surface area contributed by atoms with Gasteiger partial charge in [-0.2, -0.15) is 0 Å². The van der Waals surface area contributed by atoms with E-state index in [4.69, 9.17) is 9.47 Å². The number of thiophene rings is 1. The van der Waals surface area contributed by atoms with Gasteiger partial charge < -0.3 is 14.8 Å². The molecule has 7 heteroatoms. The topological polar surface area (TPSA) is 77.5 Å². The zero-order valence-electron chi connectivity index (χ0n) is 15.6. The van der Waals surface area contributed by atoms with E-state index in [2.05, 4.69) is 10.3 Å². The highest BCUT2D eigenvalue weighted by atomic mass is 32.1. The van der Waals surface area contributed by atoms with Gasteiger partial charge >= 0.3 is 5.97 Å². The lowest BCUT2D eigenvalue weighted by molar-refractivity contribution is 0.0529. The molecular formula is C21H20N2O4S. The van der Waals surface area contributed by atoms with Crippen LogP contribution in [0.15, 0.2) is 54.2 Å². The van der Waals surface area contributed by atoms with E-state index in [0.29, 0.717) is 28.3 Å². The summed E-state index contributed by atoms with van der Waals surface area (Å²) >= 11 is 1.28. The molecule has 0 radical (unpaired) electrons. The number of carbonyl (C=O) groups is 2. The van der Waals surface area contributed by atoms with Crippen molar-refractivity contribution in [1.82, 2.24) is 4.98 Å². The van der Waals surface area contributed by atoms with Crippen molar-refractivity contribution in [3.63, 3.8) is 0 Å². The highest BCUT2D eigenvalue weighted by Gasteiger charge is 2.23. The van der Waals surface area contributed by atoms with Gasteiger partial charge in [-0.15, -0.1) is 11.3 Å². The summed E-state index contributed by atoms with van der Waals surface area (Å²) in [7, 11) is 0. The molecule has 3 rings (SSSR count). The second kappa shape index (κ2) is 9.14. The molecule has 1 N–H and O–H groups in total. The van der Waals surface area contributed by atoms with Gasteiger partial charge in [-0.3, -0.25) is 9.78 Å². The van der Waals surface area contributed by atoms with Crippen LogP contribution in [0.4, 0.5) is 5.00 Å². The average molecular weight is 396 g/mol. The van der Waals surface area contributed by atoms with Crippen LogP contribution in [0, 0.1) is 0 Å². The highest BCUT2D eigenvalue weighted by molar-refractivity contribution is 7.15. The molecule has 0 bridgehead atoms. The number of nitrogens with zero attached hydrogens (tertiary/aromatic N) is 1. The minimum Gasteiger partial charge on any atom is -0.494 e. The Morgan fingerprint density at radius 1 is 1.11 bits per heavy atom. The fraction of sp³-hybridized carbons (Fsp3) is 0.190. The van der Waals surface area contributed by atoms with Gasteiger partial charge in [0.1, 0.15) is 16.3 Å². The van der Waals surface area contributed by atoms with E-state index in [-0.39, 0.29) is 12.5 Å². The third-order valence-electron chi connectivity index (χ3n) is 3.90. The maximum absolute atomic E-state index is 12.6. The van der Waals surface area contributed by atoms with Crippen molar-refractivity contribution in [3.05, 3.63) is 65.3 Å². The van der Waals surface area contributed by atoms with Gasteiger partial charge in [-0.1, -0.05) is 12.1 Å². The van der Waals surface area contributed by atoms with Gasteiger partial charge in [0.25, 0.3) is 5.91 Å². The molecular weight excluding hydrogens is 376 g/mol. The number of carbonyl (C=O) groups excluding carboxylic acids is 2. The Balaban J connectivity index is 1.95. The third kappa shape index (κ3) is 4.37. The SMILES string of the molecule is CCOC(=O)c1c(-c2ccc(OCC)cc2)csc1NC(=O)c1cccnc1. The largest absolute Gasteiger partial charge is 0.494 e. The van der Waals surface area contributed by atoms with E-state index < -0.39 is 5.97 Å². The normalized spacial score (nSPS) is 10.4. The second-order valence-electron chi connectivity index (χ2n) is 5.73. The van der Waals surface area contributed by atoms with E-state index >= 15 is 0 Å². The van der Waals surface area contributed by atoms with E-state index in [9.17, 15) is 9.59 Å². The molecule has 1 amide bonds. The molecule has 0 fully saturated rings. The predicted octanol–water partition coefficient (Wildman–Crippen LogP) is 4.64.